The van der Waals surface area contributed by atoms with Crippen LogP contribution in [0.25, 0.3) is 0 Å². The number of nitrogens with zero attached hydrogens (tertiary/aromatic N) is 3. The zero-order valence-corrected chi connectivity index (χ0v) is 17.1. The molecular weight excluding hydrogens is 410 g/mol. The van der Waals surface area contributed by atoms with Crippen LogP contribution in [0.3, 0.4) is 0 Å². The number of amides is 2. The highest BCUT2D eigenvalue weighted by atomic mass is 16.5. The van der Waals surface area contributed by atoms with Gasteiger partial charge in [-0.05, 0) is 30.3 Å². The number of Topliss-reactive ketones (excluding diaryl/α,β-unsaturated/α-hetero) is 1. The Morgan fingerprint density at radius 3 is 2.31 bits per heavy atom. The van der Waals surface area contributed by atoms with Gasteiger partial charge in [0.05, 0.1) is 23.6 Å². The average molecular weight is 429 g/mol. The molecule has 0 bridgehead atoms. The smallest absolute Gasteiger partial charge is 0.308 e. The van der Waals surface area contributed by atoms with E-state index in [0.717, 1.165) is 4.90 Å². The second kappa shape index (κ2) is 7.56. The van der Waals surface area contributed by atoms with Crippen molar-refractivity contribution < 1.29 is 23.9 Å². The third-order valence-corrected chi connectivity index (χ3v) is 5.97. The number of hydrazone groups is 1. The minimum absolute atomic E-state index is 0.247. The van der Waals surface area contributed by atoms with Crippen LogP contribution in [0, 0.1) is 11.8 Å². The van der Waals surface area contributed by atoms with Crippen LogP contribution in [0.2, 0.25) is 0 Å². The SMILES string of the molecule is CC(=O)Oc1ccc(N2C(=O)[C@@H]3[C@@H](C2=O)[C@@H](C(=O)c2ccccc2)N2N=CC=C[C@H]32)cc1. The molecule has 4 atom stereocenters. The van der Waals surface area contributed by atoms with Crippen LogP contribution < -0.4 is 9.64 Å². The minimum Gasteiger partial charge on any atom is -0.427 e. The molecule has 0 unspecified atom stereocenters. The lowest BCUT2D eigenvalue weighted by Gasteiger charge is -2.30. The van der Waals surface area contributed by atoms with Gasteiger partial charge in [-0.25, -0.2) is 4.90 Å². The van der Waals surface area contributed by atoms with Crippen molar-refractivity contribution in [3.05, 3.63) is 72.3 Å². The molecule has 2 saturated heterocycles. The van der Waals surface area contributed by atoms with E-state index in [-0.39, 0.29) is 11.7 Å². The summed E-state index contributed by atoms with van der Waals surface area (Å²) in [7, 11) is 0. The van der Waals surface area contributed by atoms with Crippen molar-refractivity contribution in [3.63, 3.8) is 0 Å². The first-order chi connectivity index (χ1) is 15.5. The number of fused-ring (bicyclic) bond motifs is 3. The minimum atomic E-state index is -0.879. The van der Waals surface area contributed by atoms with E-state index in [1.807, 2.05) is 6.07 Å². The highest BCUT2D eigenvalue weighted by Crippen LogP contribution is 2.46. The summed E-state index contributed by atoms with van der Waals surface area (Å²) in [5.41, 5.74) is 0.831. The standard InChI is InChI=1S/C24H19N3O5/c1-14(28)32-17-11-9-16(10-12-17)26-23(30)19-18-8-5-13-25-27(18)21(20(19)24(26)31)22(29)15-6-3-2-4-7-15/h2-13,18-21H,1H3/t18-,19+,20-,21+/m1/s1. The Morgan fingerprint density at radius 1 is 0.938 bits per heavy atom. The summed E-state index contributed by atoms with van der Waals surface area (Å²) in [6, 6.07) is 13.5. The number of ether oxygens (including phenoxy) is 1. The van der Waals surface area contributed by atoms with E-state index in [0.29, 0.717) is 17.0 Å². The van der Waals surface area contributed by atoms with Gasteiger partial charge in [0.25, 0.3) is 0 Å². The summed E-state index contributed by atoms with van der Waals surface area (Å²) < 4.78 is 5.02. The lowest BCUT2D eigenvalue weighted by Crippen LogP contribution is -2.46. The summed E-state index contributed by atoms with van der Waals surface area (Å²) in [6.07, 6.45) is 5.09. The second-order valence-corrected chi connectivity index (χ2v) is 7.85. The predicted molar refractivity (Wildman–Crippen MR) is 115 cm³/mol. The number of carbonyl (C=O) groups excluding carboxylic acids is 4. The number of benzene rings is 2. The highest BCUT2D eigenvalue weighted by Gasteiger charge is 2.64. The largest absolute Gasteiger partial charge is 0.427 e. The molecule has 160 valence electrons. The first kappa shape index (κ1) is 19.9. The molecule has 0 aliphatic carbocycles. The van der Waals surface area contributed by atoms with E-state index in [1.54, 1.807) is 59.8 Å². The van der Waals surface area contributed by atoms with E-state index in [4.69, 9.17) is 4.74 Å². The number of imide groups is 1. The van der Waals surface area contributed by atoms with Gasteiger partial charge >= 0.3 is 5.97 Å². The topological polar surface area (TPSA) is 96.3 Å². The predicted octanol–water partition coefficient (Wildman–Crippen LogP) is 2.21. The Hall–Kier alpha value is -4.07. The summed E-state index contributed by atoms with van der Waals surface area (Å²) in [6.45, 7) is 1.29. The highest BCUT2D eigenvalue weighted by molar-refractivity contribution is 6.24. The molecule has 2 aromatic rings. The van der Waals surface area contributed by atoms with Gasteiger partial charge < -0.3 is 4.74 Å². The number of anilines is 1. The molecule has 3 aliphatic rings. The summed E-state index contributed by atoms with van der Waals surface area (Å²) in [5.74, 6) is -2.78. The van der Waals surface area contributed by atoms with Crippen LogP contribution in [-0.2, 0) is 14.4 Å². The van der Waals surface area contributed by atoms with E-state index >= 15 is 0 Å². The van der Waals surface area contributed by atoms with Gasteiger partial charge in [-0.1, -0.05) is 36.4 Å². The van der Waals surface area contributed by atoms with Gasteiger partial charge in [0, 0.05) is 18.7 Å². The quantitative estimate of drug-likeness (QED) is 0.320. The molecule has 0 N–H and O–H groups in total. The molecule has 8 nitrogen and oxygen atoms in total. The lowest BCUT2D eigenvalue weighted by atomic mass is 9.86. The maximum Gasteiger partial charge on any atom is 0.308 e. The summed E-state index contributed by atoms with van der Waals surface area (Å²) in [5, 5.41) is 5.92. The summed E-state index contributed by atoms with van der Waals surface area (Å²) in [4.78, 5) is 52.6. The van der Waals surface area contributed by atoms with Crippen LogP contribution in [-0.4, -0.2) is 46.9 Å². The van der Waals surface area contributed by atoms with Gasteiger partial charge in [0.15, 0.2) is 5.78 Å². The van der Waals surface area contributed by atoms with Gasteiger partial charge in [-0.15, -0.1) is 0 Å². The molecule has 3 heterocycles. The molecule has 0 aromatic heterocycles. The molecule has 2 fully saturated rings. The molecule has 3 aliphatic heterocycles. The van der Waals surface area contributed by atoms with E-state index < -0.39 is 35.8 Å². The first-order valence-electron chi connectivity index (χ1n) is 10.2. The number of allylic oxidation sites excluding steroid dienone is 1. The van der Waals surface area contributed by atoms with E-state index in [1.165, 1.54) is 19.1 Å². The Morgan fingerprint density at radius 2 is 1.62 bits per heavy atom. The molecule has 32 heavy (non-hydrogen) atoms. The fraction of sp³-hybridized carbons (Fsp3) is 0.208. The zero-order chi connectivity index (χ0) is 22.4. The Kier molecular flexibility index (Phi) is 4.70. The van der Waals surface area contributed by atoms with Gasteiger partial charge in [0.1, 0.15) is 11.8 Å². The Balaban J connectivity index is 1.52. The van der Waals surface area contributed by atoms with Gasteiger partial charge in [-0.3, -0.25) is 24.2 Å². The Labute approximate surface area is 183 Å². The Bertz CT molecular complexity index is 1170. The molecule has 5 rings (SSSR count). The molecule has 0 saturated carbocycles. The zero-order valence-electron chi connectivity index (χ0n) is 17.1. The monoisotopic (exact) mass is 429 g/mol. The van der Waals surface area contributed by atoms with Crippen molar-refractivity contribution in [3.8, 4) is 5.75 Å². The maximum atomic E-state index is 13.5. The van der Waals surface area contributed by atoms with E-state index in [9.17, 15) is 19.2 Å². The van der Waals surface area contributed by atoms with Gasteiger partial charge in [0.2, 0.25) is 11.8 Å². The van der Waals surface area contributed by atoms with Crippen molar-refractivity contribution in [1.82, 2.24) is 5.01 Å². The van der Waals surface area contributed by atoms with Crippen molar-refractivity contribution in [2.24, 2.45) is 16.9 Å². The molecule has 0 spiro atoms. The average Bonchev–Trinajstić information content (AvgIpc) is 3.27. The number of hydrogen-bond acceptors (Lipinski definition) is 7. The van der Waals surface area contributed by atoms with Crippen LogP contribution in [0.5, 0.6) is 5.75 Å². The summed E-state index contributed by atoms with van der Waals surface area (Å²) >= 11 is 0. The number of rotatable bonds is 4. The van der Waals surface area contributed by atoms with Gasteiger partial charge in [-0.2, -0.15) is 5.10 Å². The third-order valence-electron chi connectivity index (χ3n) is 5.97. The number of hydrogen-bond donors (Lipinski definition) is 0. The lowest BCUT2D eigenvalue weighted by molar-refractivity contribution is -0.132. The fourth-order valence-electron chi connectivity index (χ4n) is 4.69. The van der Waals surface area contributed by atoms with Crippen LogP contribution >= 0.6 is 0 Å². The number of carbonyl (C=O) groups is 4. The molecule has 2 amide bonds. The van der Waals surface area contributed by atoms with Crippen molar-refractivity contribution in [1.29, 1.82) is 0 Å². The third kappa shape index (κ3) is 3.03. The molecule has 8 heteroatoms. The van der Waals surface area contributed by atoms with Crippen molar-refractivity contribution in [2.75, 3.05) is 4.90 Å². The van der Waals surface area contributed by atoms with Crippen molar-refractivity contribution in [2.45, 2.75) is 19.0 Å². The van der Waals surface area contributed by atoms with Crippen LogP contribution in [0.1, 0.15) is 17.3 Å². The van der Waals surface area contributed by atoms with Crippen LogP contribution in [0.4, 0.5) is 5.69 Å². The number of ketones is 1. The maximum absolute atomic E-state index is 13.5. The van der Waals surface area contributed by atoms with E-state index in [2.05, 4.69) is 5.10 Å². The second-order valence-electron chi connectivity index (χ2n) is 7.85. The first-order valence-corrected chi connectivity index (χ1v) is 10.2. The fourth-order valence-corrected chi connectivity index (χ4v) is 4.69. The molecular formula is C24H19N3O5. The number of esters is 1. The normalized spacial score (nSPS) is 25.7. The van der Waals surface area contributed by atoms with Crippen molar-refractivity contribution >= 4 is 35.5 Å². The van der Waals surface area contributed by atoms with Crippen LogP contribution in [0.15, 0.2) is 71.9 Å². The molecule has 0 radical (unpaired) electrons. The molecule has 2 aromatic carbocycles.